The van der Waals surface area contributed by atoms with E-state index in [9.17, 15) is 4.79 Å². The van der Waals surface area contributed by atoms with Crippen LogP contribution in [0.5, 0.6) is 0 Å². The van der Waals surface area contributed by atoms with E-state index in [0.29, 0.717) is 25.3 Å². The number of carbonyl (C=O) groups is 1. The Balaban J connectivity index is 1.51. The second-order valence-corrected chi connectivity index (χ2v) is 7.46. The highest BCUT2D eigenvalue weighted by molar-refractivity contribution is 5.99. The highest BCUT2D eigenvalue weighted by Crippen LogP contribution is 2.25. The van der Waals surface area contributed by atoms with Crippen molar-refractivity contribution in [3.63, 3.8) is 0 Å². The predicted molar refractivity (Wildman–Crippen MR) is 109 cm³/mol. The van der Waals surface area contributed by atoms with Gasteiger partial charge >= 0.3 is 0 Å². The SMILES string of the molecule is Cc1ccc([C@@H](CNC(=O)c2ccc3[nH]c(C)c(C)c3c2)N2CCOCC2)o1. The average molecular weight is 381 g/mol. The van der Waals surface area contributed by atoms with E-state index in [1.807, 2.05) is 44.2 Å². The number of H-pyrrole nitrogens is 1. The second-order valence-electron chi connectivity index (χ2n) is 7.46. The van der Waals surface area contributed by atoms with Crippen LogP contribution in [-0.2, 0) is 4.74 Å². The zero-order valence-electron chi connectivity index (χ0n) is 16.7. The van der Waals surface area contributed by atoms with Crippen molar-refractivity contribution >= 4 is 16.8 Å². The van der Waals surface area contributed by atoms with Crippen molar-refractivity contribution in [1.82, 2.24) is 15.2 Å². The summed E-state index contributed by atoms with van der Waals surface area (Å²) in [5.74, 6) is 1.69. The number of carbonyl (C=O) groups excluding carboxylic acids is 1. The van der Waals surface area contributed by atoms with E-state index in [4.69, 9.17) is 9.15 Å². The second kappa shape index (κ2) is 7.81. The smallest absolute Gasteiger partial charge is 0.251 e. The van der Waals surface area contributed by atoms with Gasteiger partial charge in [-0.15, -0.1) is 0 Å². The van der Waals surface area contributed by atoms with Gasteiger partial charge in [0.2, 0.25) is 0 Å². The van der Waals surface area contributed by atoms with E-state index in [1.165, 1.54) is 5.56 Å². The first-order chi connectivity index (χ1) is 13.5. The third-order valence-corrected chi connectivity index (χ3v) is 5.60. The molecule has 1 aliphatic rings. The number of aromatic amines is 1. The maximum atomic E-state index is 12.8. The molecule has 0 unspecified atom stereocenters. The highest BCUT2D eigenvalue weighted by atomic mass is 16.5. The Bertz CT molecular complexity index is 982. The van der Waals surface area contributed by atoms with Gasteiger partial charge in [-0.05, 0) is 56.7 Å². The lowest BCUT2D eigenvalue weighted by molar-refractivity contribution is 0.0117. The van der Waals surface area contributed by atoms with E-state index in [0.717, 1.165) is 41.2 Å². The first-order valence-corrected chi connectivity index (χ1v) is 9.78. The molecule has 3 heterocycles. The van der Waals surface area contributed by atoms with Gasteiger partial charge in [0.15, 0.2) is 0 Å². The van der Waals surface area contributed by atoms with E-state index in [2.05, 4.69) is 22.1 Å². The van der Waals surface area contributed by atoms with E-state index in [-0.39, 0.29) is 11.9 Å². The van der Waals surface area contributed by atoms with E-state index >= 15 is 0 Å². The largest absolute Gasteiger partial charge is 0.465 e. The van der Waals surface area contributed by atoms with Crippen molar-refractivity contribution in [2.75, 3.05) is 32.8 Å². The van der Waals surface area contributed by atoms with Crippen LogP contribution in [-0.4, -0.2) is 48.6 Å². The zero-order valence-corrected chi connectivity index (χ0v) is 16.7. The summed E-state index contributed by atoms with van der Waals surface area (Å²) < 4.78 is 11.4. The van der Waals surface area contributed by atoms with Gasteiger partial charge in [0, 0.05) is 41.8 Å². The van der Waals surface area contributed by atoms with Crippen molar-refractivity contribution in [2.45, 2.75) is 26.8 Å². The summed E-state index contributed by atoms with van der Waals surface area (Å²) in [6.45, 7) is 9.61. The molecule has 2 N–H and O–H groups in total. The van der Waals surface area contributed by atoms with E-state index in [1.54, 1.807) is 0 Å². The minimum Gasteiger partial charge on any atom is -0.465 e. The molecule has 0 aliphatic carbocycles. The van der Waals surface area contributed by atoms with Crippen molar-refractivity contribution < 1.29 is 13.9 Å². The Labute approximate surface area is 164 Å². The average Bonchev–Trinajstić information content (AvgIpc) is 3.26. The molecule has 0 saturated carbocycles. The highest BCUT2D eigenvalue weighted by Gasteiger charge is 2.26. The number of nitrogens with zero attached hydrogens (tertiary/aromatic N) is 1. The number of fused-ring (bicyclic) bond motifs is 1. The van der Waals surface area contributed by atoms with Crippen LogP contribution in [0.3, 0.4) is 0 Å². The van der Waals surface area contributed by atoms with Crippen molar-refractivity contribution in [1.29, 1.82) is 0 Å². The summed E-state index contributed by atoms with van der Waals surface area (Å²) in [5.41, 5.74) is 4.05. The maximum absolute atomic E-state index is 12.8. The quantitative estimate of drug-likeness (QED) is 0.710. The first kappa shape index (κ1) is 18.8. The minimum atomic E-state index is -0.0679. The lowest BCUT2D eigenvalue weighted by atomic mass is 10.1. The van der Waals surface area contributed by atoms with Crippen LogP contribution >= 0.6 is 0 Å². The van der Waals surface area contributed by atoms with Gasteiger partial charge in [0.25, 0.3) is 5.91 Å². The molecule has 0 bridgehead atoms. The lowest BCUT2D eigenvalue weighted by Crippen LogP contribution is -2.43. The maximum Gasteiger partial charge on any atom is 0.251 e. The third kappa shape index (κ3) is 3.70. The zero-order chi connectivity index (χ0) is 19.7. The predicted octanol–water partition coefficient (Wildman–Crippen LogP) is 3.49. The molecule has 28 heavy (non-hydrogen) atoms. The van der Waals surface area contributed by atoms with Gasteiger partial charge in [0.1, 0.15) is 11.5 Å². The van der Waals surface area contributed by atoms with Crippen LogP contribution in [0, 0.1) is 20.8 Å². The Morgan fingerprint density at radius 1 is 1.18 bits per heavy atom. The molecule has 6 nitrogen and oxygen atoms in total. The number of morpholine rings is 1. The van der Waals surface area contributed by atoms with Gasteiger partial charge in [-0.1, -0.05) is 0 Å². The molecule has 6 heteroatoms. The van der Waals surface area contributed by atoms with Gasteiger partial charge in [0.05, 0.1) is 19.3 Å². The molecule has 2 aromatic heterocycles. The summed E-state index contributed by atoms with van der Waals surface area (Å²) in [6.07, 6.45) is 0. The van der Waals surface area contributed by atoms with Crippen molar-refractivity contribution in [3.8, 4) is 0 Å². The summed E-state index contributed by atoms with van der Waals surface area (Å²) in [4.78, 5) is 18.5. The number of ether oxygens (including phenoxy) is 1. The molecular weight excluding hydrogens is 354 g/mol. The summed E-state index contributed by atoms with van der Waals surface area (Å²) in [7, 11) is 0. The standard InChI is InChI=1S/C22H27N3O3/c1-14-4-7-21(28-14)20(25-8-10-27-11-9-25)13-23-22(26)17-5-6-19-18(12-17)15(2)16(3)24-19/h4-7,12,20,24H,8-11,13H2,1-3H3,(H,23,26)/t20-/m1/s1. The topological polar surface area (TPSA) is 70.5 Å². The molecule has 1 aliphatic heterocycles. The molecular formula is C22H27N3O3. The molecule has 1 fully saturated rings. The molecule has 1 aromatic carbocycles. The minimum absolute atomic E-state index is 0.00141. The molecule has 1 saturated heterocycles. The number of rotatable bonds is 5. The third-order valence-electron chi connectivity index (χ3n) is 5.60. The van der Waals surface area contributed by atoms with Crippen LogP contribution in [0.15, 0.2) is 34.7 Å². The fourth-order valence-electron chi connectivity index (χ4n) is 3.83. The number of hydrogen-bond acceptors (Lipinski definition) is 4. The molecule has 0 spiro atoms. The molecule has 1 atom stereocenters. The van der Waals surface area contributed by atoms with Crippen LogP contribution in [0.1, 0.15) is 39.2 Å². The number of nitrogens with one attached hydrogen (secondary N) is 2. The molecule has 148 valence electrons. The summed E-state index contributed by atoms with van der Waals surface area (Å²) >= 11 is 0. The number of hydrogen-bond donors (Lipinski definition) is 2. The molecule has 3 aromatic rings. The summed E-state index contributed by atoms with van der Waals surface area (Å²) in [5, 5.41) is 4.20. The fraction of sp³-hybridized carbons (Fsp3) is 0.409. The van der Waals surface area contributed by atoms with Crippen molar-refractivity contribution in [3.05, 3.63) is 58.7 Å². The number of furan rings is 1. The van der Waals surface area contributed by atoms with Crippen LogP contribution in [0.4, 0.5) is 0 Å². The number of amides is 1. The molecule has 1 amide bonds. The van der Waals surface area contributed by atoms with Crippen LogP contribution in [0.2, 0.25) is 0 Å². The molecule has 0 radical (unpaired) electrons. The van der Waals surface area contributed by atoms with Gasteiger partial charge in [-0.2, -0.15) is 0 Å². The van der Waals surface area contributed by atoms with Gasteiger partial charge in [-0.25, -0.2) is 0 Å². The van der Waals surface area contributed by atoms with Crippen molar-refractivity contribution in [2.24, 2.45) is 0 Å². The van der Waals surface area contributed by atoms with E-state index < -0.39 is 0 Å². The number of benzene rings is 1. The Hall–Kier alpha value is -2.57. The molecule has 4 rings (SSSR count). The lowest BCUT2D eigenvalue weighted by Gasteiger charge is -2.33. The first-order valence-electron chi connectivity index (χ1n) is 9.78. The Morgan fingerprint density at radius 3 is 2.68 bits per heavy atom. The van der Waals surface area contributed by atoms with Gasteiger partial charge < -0.3 is 19.5 Å². The number of aryl methyl sites for hydroxylation is 3. The fourth-order valence-corrected chi connectivity index (χ4v) is 3.83. The number of aromatic nitrogens is 1. The Morgan fingerprint density at radius 2 is 1.96 bits per heavy atom. The summed E-state index contributed by atoms with van der Waals surface area (Å²) in [6, 6.07) is 9.77. The van der Waals surface area contributed by atoms with Gasteiger partial charge in [-0.3, -0.25) is 9.69 Å². The van der Waals surface area contributed by atoms with Crippen LogP contribution < -0.4 is 5.32 Å². The monoisotopic (exact) mass is 381 g/mol. The Kier molecular flexibility index (Phi) is 5.24. The normalized spacial score (nSPS) is 16.4. The van der Waals surface area contributed by atoms with Crippen LogP contribution in [0.25, 0.3) is 10.9 Å².